The molecule has 2 rings (SSSR count). The molecule has 14 heavy (non-hydrogen) atoms. The highest BCUT2D eigenvalue weighted by Crippen LogP contribution is 2.31. The Balaban J connectivity index is 2.01. The van der Waals surface area contributed by atoms with E-state index in [-0.39, 0.29) is 6.61 Å². The van der Waals surface area contributed by atoms with Gasteiger partial charge in [0.2, 0.25) is 0 Å². The largest absolute Gasteiger partial charge is 0.390 e. The molecule has 1 aromatic heterocycles. The zero-order chi connectivity index (χ0) is 9.80. The number of pyridine rings is 1. The highest BCUT2D eigenvalue weighted by molar-refractivity contribution is 5.34. The number of aliphatic hydroxyl groups is 1. The van der Waals surface area contributed by atoms with Gasteiger partial charge in [0.25, 0.3) is 0 Å². The average Bonchev–Trinajstić information content (AvgIpc) is 3.02. The van der Waals surface area contributed by atoms with Crippen molar-refractivity contribution in [3.8, 4) is 11.8 Å². The third-order valence-corrected chi connectivity index (χ3v) is 2.30. The minimum atomic E-state index is -0.0157. The van der Waals surface area contributed by atoms with Crippen LogP contribution < -0.4 is 0 Å². The second-order valence-corrected chi connectivity index (χ2v) is 3.64. The molecule has 1 saturated carbocycles. The van der Waals surface area contributed by atoms with Crippen LogP contribution in [0.1, 0.15) is 30.5 Å². The van der Waals surface area contributed by atoms with Crippen molar-refractivity contribution in [2.24, 2.45) is 5.92 Å². The Labute approximate surface area is 84.0 Å². The second kappa shape index (κ2) is 4.26. The number of hydrogen-bond acceptors (Lipinski definition) is 2. The lowest BCUT2D eigenvalue weighted by atomic mass is 10.2. The first-order chi connectivity index (χ1) is 6.88. The first-order valence-electron chi connectivity index (χ1n) is 4.93. The van der Waals surface area contributed by atoms with E-state index < -0.39 is 0 Å². The molecule has 0 radical (unpaired) electrons. The molecule has 2 nitrogen and oxygen atoms in total. The summed E-state index contributed by atoms with van der Waals surface area (Å²) in [6.45, 7) is -0.0157. The van der Waals surface area contributed by atoms with Crippen LogP contribution in [0.2, 0.25) is 0 Å². The van der Waals surface area contributed by atoms with Crippen molar-refractivity contribution in [3.05, 3.63) is 29.6 Å². The molecule has 1 heterocycles. The van der Waals surface area contributed by atoms with Crippen LogP contribution in [0.3, 0.4) is 0 Å². The molecule has 2 heteroatoms. The molecule has 0 aliphatic heterocycles. The lowest BCUT2D eigenvalue weighted by Crippen LogP contribution is -1.88. The van der Waals surface area contributed by atoms with Crippen molar-refractivity contribution < 1.29 is 5.11 Å². The van der Waals surface area contributed by atoms with Crippen LogP contribution in [0.5, 0.6) is 0 Å². The van der Waals surface area contributed by atoms with Crippen LogP contribution in [0.4, 0.5) is 0 Å². The number of aromatic nitrogens is 1. The van der Waals surface area contributed by atoms with Crippen LogP contribution in [-0.2, 0) is 6.61 Å². The van der Waals surface area contributed by atoms with E-state index in [0.29, 0.717) is 5.69 Å². The van der Waals surface area contributed by atoms with E-state index >= 15 is 0 Å². The minimum absolute atomic E-state index is 0.0157. The molecule has 1 aliphatic rings. The summed E-state index contributed by atoms with van der Waals surface area (Å²) in [5, 5.41) is 8.88. The van der Waals surface area contributed by atoms with E-state index in [0.717, 1.165) is 17.9 Å². The molecule has 1 aromatic rings. The van der Waals surface area contributed by atoms with Gasteiger partial charge in [-0.15, -0.1) is 0 Å². The Morgan fingerprint density at radius 1 is 1.50 bits per heavy atom. The van der Waals surface area contributed by atoms with E-state index in [1.165, 1.54) is 12.8 Å². The molecule has 0 atom stereocenters. The summed E-state index contributed by atoms with van der Waals surface area (Å²) < 4.78 is 0. The predicted molar refractivity (Wildman–Crippen MR) is 54.4 cm³/mol. The van der Waals surface area contributed by atoms with Gasteiger partial charge < -0.3 is 5.11 Å². The maximum atomic E-state index is 8.88. The summed E-state index contributed by atoms with van der Waals surface area (Å²) in [6.07, 6.45) is 5.38. The lowest BCUT2D eigenvalue weighted by Gasteiger charge is -1.94. The number of aliphatic hydroxyl groups excluding tert-OH is 1. The Morgan fingerprint density at radius 2 is 2.36 bits per heavy atom. The summed E-state index contributed by atoms with van der Waals surface area (Å²) in [6, 6.07) is 3.71. The topological polar surface area (TPSA) is 33.1 Å². The molecule has 1 fully saturated rings. The van der Waals surface area contributed by atoms with Gasteiger partial charge in [-0.2, -0.15) is 0 Å². The van der Waals surface area contributed by atoms with Crippen LogP contribution >= 0.6 is 0 Å². The van der Waals surface area contributed by atoms with Crippen molar-refractivity contribution in [1.29, 1.82) is 0 Å². The molecule has 72 valence electrons. The van der Waals surface area contributed by atoms with E-state index in [4.69, 9.17) is 5.11 Å². The number of hydrogen-bond donors (Lipinski definition) is 1. The fourth-order valence-corrected chi connectivity index (χ4v) is 1.26. The maximum Gasteiger partial charge on any atom is 0.0853 e. The normalized spacial score (nSPS) is 14.6. The summed E-state index contributed by atoms with van der Waals surface area (Å²) in [7, 11) is 0. The van der Waals surface area contributed by atoms with Crippen molar-refractivity contribution in [1.82, 2.24) is 4.98 Å². The third-order valence-electron chi connectivity index (χ3n) is 2.30. The van der Waals surface area contributed by atoms with Gasteiger partial charge in [0, 0.05) is 18.2 Å². The van der Waals surface area contributed by atoms with Crippen LogP contribution in [-0.4, -0.2) is 10.1 Å². The van der Waals surface area contributed by atoms with Gasteiger partial charge in [-0.3, -0.25) is 4.98 Å². The smallest absolute Gasteiger partial charge is 0.0853 e. The maximum absolute atomic E-state index is 8.88. The predicted octanol–water partition coefficient (Wildman–Crippen LogP) is 1.73. The van der Waals surface area contributed by atoms with Gasteiger partial charge in [-0.1, -0.05) is 11.8 Å². The van der Waals surface area contributed by atoms with Crippen molar-refractivity contribution in [2.45, 2.75) is 25.9 Å². The Morgan fingerprint density at radius 3 is 3.07 bits per heavy atom. The molecular weight excluding hydrogens is 174 g/mol. The molecule has 0 aromatic carbocycles. The van der Waals surface area contributed by atoms with Crippen molar-refractivity contribution in [2.75, 3.05) is 0 Å². The average molecular weight is 187 g/mol. The minimum Gasteiger partial charge on any atom is -0.390 e. The molecule has 1 aliphatic carbocycles. The Kier molecular flexibility index (Phi) is 2.81. The Bertz CT molecular complexity index is 371. The van der Waals surface area contributed by atoms with Crippen molar-refractivity contribution in [3.63, 3.8) is 0 Å². The van der Waals surface area contributed by atoms with Crippen LogP contribution in [0.25, 0.3) is 0 Å². The summed E-state index contributed by atoms with van der Waals surface area (Å²) >= 11 is 0. The second-order valence-electron chi connectivity index (χ2n) is 3.64. The molecule has 0 unspecified atom stereocenters. The van der Waals surface area contributed by atoms with Gasteiger partial charge >= 0.3 is 0 Å². The van der Waals surface area contributed by atoms with Gasteiger partial charge in [-0.05, 0) is 30.9 Å². The molecule has 0 bridgehead atoms. The van der Waals surface area contributed by atoms with E-state index in [2.05, 4.69) is 16.8 Å². The van der Waals surface area contributed by atoms with E-state index in [1.807, 2.05) is 12.1 Å². The molecule has 1 N–H and O–H groups in total. The first-order valence-corrected chi connectivity index (χ1v) is 4.93. The summed E-state index contributed by atoms with van der Waals surface area (Å²) in [5.74, 6) is 7.09. The standard InChI is InChI=1S/C12H13NO/c14-9-12-8-11(6-7-13-12)3-1-2-10-4-5-10/h6-8,10,14H,2,4-5,9H2. The monoisotopic (exact) mass is 187 g/mol. The zero-order valence-corrected chi connectivity index (χ0v) is 8.03. The van der Waals surface area contributed by atoms with Crippen molar-refractivity contribution >= 4 is 0 Å². The molecular formula is C12H13NO. The highest BCUT2D eigenvalue weighted by Gasteiger charge is 2.19. The molecule has 0 saturated heterocycles. The number of nitrogens with zero attached hydrogens (tertiary/aromatic N) is 1. The van der Waals surface area contributed by atoms with Gasteiger partial charge in [0.1, 0.15) is 0 Å². The quantitative estimate of drug-likeness (QED) is 0.715. The fourth-order valence-electron chi connectivity index (χ4n) is 1.26. The van der Waals surface area contributed by atoms with Crippen LogP contribution in [0, 0.1) is 17.8 Å². The van der Waals surface area contributed by atoms with Gasteiger partial charge in [0.05, 0.1) is 12.3 Å². The van der Waals surface area contributed by atoms with Gasteiger partial charge in [0.15, 0.2) is 0 Å². The summed E-state index contributed by atoms with van der Waals surface area (Å²) in [5.41, 5.74) is 1.63. The first kappa shape index (κ1) is 9.23. The van der Waals surface area contributed by atoms with E-state index in [9.17, 15) is 0 Å². The van der Waals surface area contributed by atoms with Gasteiger partial charge in [-0.25, -0.2) is 0 Å². The summed E-state index contributed by atoms with van der Waals surface area (Å²) in [4.78, 5) is 4.00. The fraction of sp³-hybridized carbons (Fsp3) is 0.417. The highest BCUT2D eigenvalue weighted by atomic mass is 16.3. The Hall–Kier alpha value is -1.33. The third kappa shape index (κ3) is 2.58. The van der Waals surface area contributed by atoms with Crippen LogP contribution in [0.15, 0.2) is 18.3 Å². The lowest BCUT2D eigenvalue weighted by molar-refractivity contribution is 0.277. The molecule has 0 amide bonds. The van der Waals surface area contributed by atoms with E-state index in [1.54, 1.807) is 6.20 Å². The number of rotatable bonds is 2. The SMILES string of the molecule is OCc1cc(C#CCC2CC2)ccn1. The molecule has 0 spiro atoms. The zero-order valence-electron chi connectivity index (χ0n) is 8.03.